The van der Waals surface area contributed by atoms with Gasteiger partial charge in [0.15, 0.2) is 21.5 Å². The van der Waals surface area contributed by atoms with Crippen molar-refractivity contribution in [2.45, 2.75) is 26.3 Å². The minimum absolute atomic E-state index is 0.0766. The molecule has 1 aliphatic heterocycles. The largest absolute Gasteiger partial charge is 0.351 e. The molecule has 0 radical (unpaired) electrons. The van der Waals surface area contributed by atoms with Crippen LogP contribution < -0.4 is 10.2 Å². The average molecular weight is 374 g/mol. The Bertz CT molecular complexity index is 880. The van der Waals surface area contributed by atoms with E-state index in [1.807, 2.05) is 30.9 Å². The van der Waals surface area contributed by atoms with Crippen LogP contribution in [0.25, 0.3) is 0 Å². The molecule has 1 saturated heterocycles. The molecule has 1 amide bonds. The lowest BCUT2D eigenvalue weighted by molar-refractivity contribution is 0.102. The third kappa shape index (κ3) is 4.19. The number of nitrogens with one attached hydrogen (secondary N) is 1. The summed E-state index contributed by atoms with van der Waals surface area (Å²) in [7, 11) is -2.96. The Morgan fingerprint density at radius 1 is 1.19 bits per heavy atom. The number of hydrogen-bond donors (Lipinski definition) is 1. The monoisotopic (exact) mass is 374 g/mol. The zero-order valence-corrected chi connectivity index (χ0v) is 15.7. The summed E-state index contributed by atoms with van der Waals surface area (Å²) in [6.07, 6.45) is 0.601. The van der Waals surface area contributed by atoms with Gasteiger partial charge in [-0.25, -0.2) is 8.42 Å². The molecule has 1 N–H and O–H groups in total. The fraction of sp³-hybridized carbons (Fsp3) is 0.389. The van der Waals surface area contributed by atoms with Crippen molar-refractivity contribution in [3.63, 3.8) is 0 Å². The van der Waals surface area contributed by atoms with Crippen LogP contribution in [0.3, 0.4) is 0 Å². The maximum Gasteiger partial charge on any atom is 0.256 e. The number of aryl methyl sites for hydroxylation is 1. The molecular weight excluding hydrogens is 352 g/mol. The molecule has 8 heteroatoms. The molecule has 1 aromatic carbocycles. The van der Waals surface area contributed by atoms with Gasteiger partial charge < -0.3 is 10.2 Å². The molecular formula is C18H22N4O3S. The van der Waals surface area contributed by atoms with Gasteiger partial charge in [-0.1, -0.05) is 17.7 Å². The smallest absolute Gasteiger partial charge is 0.256 e. The lowest BCUT2D eigenvalue weighted by Crippen LogP contribution is -2.36. The second-order valence-electron chi connectivity index (χ2n) is 6.44. The van der Waals surface area contributed by atoms with Crippen molar-refractivity contribution < 1.29 is 13.2 Å². The molecule has 0 spiro atoms. The summed E-state index contributed by atoms with van der Waals surface area (Å²) >= 11 is 0. The van der Waals surface area contributed by atoms with Crippen LogP contribution in [0.1, 0.15) is 29.3 Å². The van der Waals surface area contributed by atoms with Crippen LogP contribution in [0.5, 0.6) is 0 Å². The second-order valence-corrected chi connectivity index (χ2v) is 8.67. The Kier molecular flexibility index (Phi) is 5.22. The minimum atomic E-state index is -2.96. The molecule has 138 valence electrons. The first kappa shape index (κ1) is 18.3. The number of rotatable bonds is 5. The SMILES string of the molecule is CCN(c1ccc(NC(=O)c2ccc(C)cc2)nn1)C1CCS(=O)(=O)C1. The summed E-state index contributed by atoms with van der Waals surface area (Å²) in [6, 6.07) is 10.6. The van der Waals surface area contributed by atoms with Crippen LogP contribution in [0, 0.1) is 6.92 Å². The summed E-state index contributed by atoms with van der Waals surface area (Å²) in [4.78, 5) is 14.2. The maximum absolute atomic E-state index is 12.2. The van der Waals surface area contributed by atoms with Crippen molar-refractivity contribution in [2.75, 3.05) is 28.3 Å². The molecule has 26 heavy (non-hydrogen) atoms. The molecule has 1 aromatic heterocycles. The summed E-state index contributed by atoms with van der Waals surface area (Å²) < 4.78 is 23.4. The fourth-order valence-electron chi connectivity index (χ4n) is 3.07. The Hall–Kier alpha value is -2.48. The van der Waals surface area contributed by atoms with E-state index in [1.54, 1.807) is 24.3 Å². The summed E-state index contributed by atoms with van der Waals surface area (Å²) in [5.41, 5.74) is 1.63. The van der Waals surface area contributed by atoms with Crippen molar-refractivity contribution >= 4 is 27.4 Å². The van der Waals surface area contributed by atoms with Gasteiger partial charge in [-0.2, -0.15) is 0 Å². The number of hydrogen-bond acceptors (Lipinski definition) is 6. The van der Waals surface area contributed by atoms with Crippen molar-refractivity contribution in [2.24, 2.45) is 0 Å². The Balaban J connectivity index is 1.69. The van der Waals surface area contributed by atoms with Gasteiger partial charge in [0.2, 0.25) is 0 Å². The van der Waals surface area contributed by atoms with Crippen molar-refractivity contribution in [1.29, 1.82) is 0 Å². The number of nitrogens with zero attached hydrogens (tertiary/aromatic N) is 3. The fourth-order valence-corrected chi connectivity index (χ4v) is 4.80. The highest BCUT2D eigenvalue weighted by Crippen LogP contribution is 2.22. The third-order valence-corrected chi connectivity index (χ3v) is 6.24. The first-order valence-corrected chi connectivity index (χ1v) is 10.4. The molecule has 1 fully saturated rings. The van der Waals surface area contributed by atoms with E-state index in [4.69, 9.17) is 0 Å². The normalized spacial score (nSPS) is 18.5. The number of carbonyl (C=O) groups excluding carboxylic acids is 1. The lowest BCUT2D eigenvalue weighted by Gasteiger charge is -2.27. The molecule has 1 aliphatic rings. The number of carbonyl (C=O) groups is 1. The van der Waals surface area contributed by atoms with E-state index in [0.29, 0.717) is 30.2 Å². The summed E-state index contributed by atoms with van der Waals surface area (Å²) in [6.45, 7) is 4.56. The number of amides is 1. The van der Waals surface area contributed by atoms with Gasteiger partial charge in [0.05, 0.1) is 11.5 Å². The van der Waals surface area contributed by atoms with E-state index >= 15 is 0 Å². The highest BCUT2D eigenvalue weighted by atomic mass is 32.2. The van der Waals surface area contributed by atoms with Crippen molar-refractivity contribution in [3.8, 4) is 0 Å². The number of sulfone groups is 1. The van der Waals surface area contributed by atoms with E-state index in [0.717, 1.165) is 5.56 Å². The molecule has 2 aromatic rings. The van der Waals surface area contributed by atoms with Gasteiger partial charge in [0.25, 0.3) is 5.91 Å². The van der Waals surface area contributed by atoms with Gasteiger partial charge in [0, 0.05) is 18.2 Å². The first-order valence-electron chi connectivity index (χ1n) is 8.57. The zero-order valence-electron chi connectivity index (χ0n) is 14.8. The van der Waals surface area contributed by atoms with E-state index in [1.165, 1.54) is 0 Å². The first-order chi connectivity index (χ1) is 12.4. The molecule has 7 nitrogen and oxygen atoms in total. The second kappa shape index (κ2) is 7.41. The van der Waals surface area contributed by atoms with Crippen LogP contribution >= 0.6 is 0 Å². The van der Waals surface area contributed by atoms with Crippen LogP contribution in [0.4, 0.5) is 11.6 Å². The Morgan fingerprint density at radius 3 is 2.46 bits per heavy atom. The molecule has 1 atom stereocenters. The third-order valence-electron chi connectivity index (χ3n) is 4.49. The maximum atomic E-state index is 12.2. The number of benzene rings is 1. The summed E-state index contributed by atoms with van der Waals surface area (Å²) in [5.74, 6) is 1.08. The molecule has 1 unspecified atom stereocenters. The van der Waals surface area contributed by atoms with Gasteiger partial charge in [0.1, 0.15) is 0 Å². The lowest BCUT2D eigenvalue weighted by atomic mass is 10.1. The number of anilines is 2. The van der Waals surface area contributed by atoms with Gasteiger partial charge in [-0.3, -0.25) is 4.79 Å². The molecule has 2 heterocycles. The quantitative estimate of drug-likeness (QED) is 0.861. The standard InChI is InChI=1S/C18H22N4O3S/c1-3-22(15-10-11-26(24,25)12-15)17-9-8-16(20-21-17)19-18(23)14-6-4-13(2)5-7-14/h4-9,15H,3,10-12H2,1-2H3,(H,19,20,23). The van der Waals surface area contributed by atoms with E-state index in [-0.39, 0.29) is 23.5 Å². The predicted molar refractivity (Wildman–Crippen MR) is 101 cm³/mol. The Labute approximate surface area is 153 Å². The topological polar surface area (TPSA) is 92.3 Å². The molecule has 0 bridgehead atoms. The van der Waals surface area contributed by atoms with E-state index in [9.17, 15) is 13.2 Å². The molecule has 0 aliphatic carbocycles. The Morgan fingerprint density at radius 2 is 1.92 bits per heavy atom. The number of aromatic nitrogens is 2. The van der Waals surface area contributed by atoms with Crippen molar-refractivity contribution in [3.05, 3.63) is 47.5 Å². The predicted octanol–water partition coefficient (Wildman–Crippen LogP) is 2.05. The zero-order chi connectivity index (χ0) is 18.7. The van der Waals surface area contributed by atoms with Crippen LogP contribution in [0.2, 0.25) is 0 Å². The van der Waals surface area contributed by atoms with Gasteiger partial charge >= 0.3 is 0 Å². The summed E-state index contributed by atoms with van der Waals surface area (Å²) in [5, 5.41) is 11.0. The molecule has 0 saturated carbocycles. The van der Waals surface area contributed by atoms with Crippen LogP contribution in [-0.2, 0) is 9.84 Å². The minimum Gasteiger partial charge on any atom is -0.351 e. The highest BCUT2D eigenvalue weighted by Gasteiger charge is 2.32. The van der Waals surface area contributed by atoms with E-state index < -0.39 is 9.84 Å². The highest BCUT2D eigenvalue weighted by molar-refractivity contribution is 7.91. The van der Waals surface area contributed by atoms with Crippen molar-refractivity contribution in [1.82, 2.24) is 10.2 Å². The van der Waals surface area contributed by atoms with E-state index in [2.05, 4.69) is 15.5 Å². The molecule has 3 rings (SSSR count). The van der Waals surface area contributed by atoms with Gasteiger partial charge in [-0.15, -0.1) is 10.2 Å². The average Bonchev–Trinajstić information content (AvgIpc) is 2.97. The van der Waals surface area contributed by atoms with Gasteiger partial charge in [-0.05, 0) is 44.5 Å². The van der Waals surface area contributed by atoms with Crippen LogP contribution in [0.15, 0.2) is 36.4 Å². The van der Waals surface area contributed by atoms with Crippen LogP contribution in [-0.4, -0.2) is 48.6 Å².